The zero-order valence-corrected chi connectivity index (χ0v) is 13.2. The van der Waals surface area contributed by atoms with Gasteiger partial charge in [-0.15, -0.1) is 0 Å². The van der Waals surface area contributed by atoms with Crippen molar-refractivity contribution in [3.63, 3.8) is 0 Å². The van der Waals surface area contributed by atoms with Crippen LogP contribution >= 0.6 is 0 Å². The summed E-state index contributed by atoms with van der Waals surface area (Å²) < 4.78 is 11.4. The molecule has 1 rings (SSSR count). The highest BCUT2D eigenvalue weighted by Gasteiger charge is 2.27. The van der Waals surface area contributed by atoms with Crippen LogP contribution < -0.4 is 5.73 Å². The number of rotatable bonds is 8. The van der Waals surface area contributed by atoms with E-state index in [1.54, 1.807) is 7.11 Å². The van der Waals surface area contributed by atoms with E-state index in [2.05, 4.69) is 25.7 Å². The second-order valence-electron chi connectivity index (χ2n) is 6.27. The Morgan fingerprint density at radius 3 is 2.47 bits per heavy atom. The van der Waals surface area contributed by atoms with Crippen LogP contribution in [0, 0.1) is 0 Å². The third kappa shape index (κ3) is 6.21. The van der Waals surface area contributed by atoms with Crippen LogP contribution in [0.1, 0.15) is 46.5 Å². The van der Waals surface area contributed by atoms with E-state index >= 15 is 0 Å². The molecule has 1 fully saturated rings. The standard InChI is InChI=1S/C15H32N2O2/c1-13(12-15(2,3)18-4)17-9-6-14(7-10-17)19-11-5-8-16/h13-14H,5-12,16H2,1-4H3. The minimum atomic E-state index is -0.0338. The maximum atomic E-state index is 5.84. The van der Waals surface area contributed by atoms with Crippen LogP contribution in [0.5, 0.6) is 0 Å². The average molecular weight is 272 g/mol. The van der Waals surface area contributed by atoms with Gasteiger partial charge >= 0.3 is 0 Å². The summed E-state index contributed by atoms with van der Waals surface area (Å²) in [4.78, 5) is 2.56. The molecule has 0 amide bonds. The normalized spacial score (nSPS) is 20.7. The molecule has 0 radical (unpaired) electrons. The topological polar surface area (TPSA) is 47.7 Å². The van der Waals surface area contributed by atoms with Crippen LogP contribution in [0.25, 0.3) is 0 Å². The number of hydrogen-bond acceptors (Lipinski definition) is 4. The highest BCUT2D eigenvalue weighted by Crippen LogP contribution is 2.22. The molecule has 1 unspecified atom stereocenters. The number of nitrogens with two attached hydrogens (primary N) is 1. The molecule has 1 saturated heterocycles. The van der Waals surface area contributed by atoms with E-state index in [9.17, 15) is 0 Å². The Balaban J connectivity index is 2.25. The lowest BCUT2D eigenvalue weighted by Crippen LogP contribution is -2.45. The molecular weight excluding hydrogens is 240 g/mol. The molecule has 1 atom stereocenters. The summed E-state index contributed by atoms with van der Waals surface area (Å²) in [7, 11) is 1.80. The largest absolute Gasteiger partial charge is 0.379 e. The van der Waals surface area contributed by atoms with Crippen LogP contribution in [0.3, 0.4) is 0 Å². The van der Waals surface area contributed by atoms with Gasteiger partial charge in [-0.2, -0.15) is 0 Å². The monoisotopic (exact) mass is 272 g/mol. The van der Waals surface area contributed by atoms with E-state index in [1.165, 1.54) is 0 Å². The van der Waals surface area contributed by atoms with Gasteiger partial charge in [0.15, 0.2) is 0 Å². The van der Waals surface area contributed by atoms with Gasteiger partial charge in [-0.3, -0.25) is 0 Å². The third-order valence-electron chi connectivity index (χ3n) is 4.14. The minimum absolute atomic E-state index is 0.0338. The van der Waals surface area contributed by atoms with Crippen molar-refractivity contribution < 1.29 is 9.47 Å². The van der Waals surface area contributed by atoms with Crippen LogP contribution in [0.4, 0.5) is 0 Å². The molecule has 1 aliphatic rings. The molecule has 4 heteroatoms. The predicted octanol–water partition coefficient (Wildman–Crippen LogP) is 2.02. The van der Waals surface area contributed by atoms with Crippen molar-refractivity contribution in [1.82, 2.24) is 4.90 Å². The first-order valence-corrected chi connectivity index (χ1v) is 7.59. The van der Waals surface area contributed by atoms with Gasteiger partial charge < -0.3 is 20.1 Å². The molecule has 0 aliphatic carbocycles. The molecule has 19 heavy (non-hydrogen) atoms. The van der Waals surface area contributed by atoms with Crippen molar-refractivity contribution in [1.29, 1.82) is 0 Å². The van der Waals surface area contributed by atoms with E-state index in [0.717, 1.165) is 51.9 Å². The Bertz CT molecular complexity index is 238. The van der Waals surface area contributed by atoms with Crippen LogP contribution in [0.15, 0.2) is 0 Å². The Morgan fingerprint density at radius 2 is 1.95 bits per heavy atom. The van der Waals surface area contributed by atoms with Crippen LogP contribution in [-0.4, -0.2) is 56.0 Å². The van der Waals surface area contributed by atoms with Gasteiger partial charge in [0, 0.05) is 32.8 Å². The quantitative estimate of drug-likeness (QED) is 0.687. The maximum Gasteiger partial charge on any atom is 0.0637 e. The fourth-order valence-corrected chi connectivity index (χ4v) is 2.74. The van der Waals surface area contributed by atoms with Crippen molar-refractivity contribution >= 4 is 0 Å². The van der Waals surface area contributed by atoms with Crippen molar-refractivity contribution in [2.24, 2.45) is 5.73 Å². The lowest BCUT2D eigenvalue weighted by Gasteiger charge is -2.38. The van der Waals surface area contributed by atoms with E-state index in [4.69, 9.17) is 15.2 Å². The minimum Gasteiger partial charge on any atom is -0.379 e. The second kappa shape index (κ2) is 8.20. The number of likely N-dealkylation sites (tertiary alicyclic amines) is 1. The lowest BCUT2D eigenvalue weighted by molar-refractivity contribution is -0.0284. The van der Waals surface area contributed by atoms with Crippen LogP contribution in [0.2, 0.25) is 0 Å². The number of hydrogen-bond donors (Lipinski definition) is 1. The van der Waals surface area contributed by atoms with Gasteiger partial charge in [0.25, 0.3) is 0 Å². The number of piperidine rings is 1. The fourth-order valence-electron chi connectivity index (χ4n) is 2.74. The Morgan fingerprint density at radius 1 is 1.32 bits per heavy atom. The average Bonchev–Trinajstić information content (AvgIpc) is 2.39. The number of ether oxygens (including phenoxy) is 2. The molecule has 4 nitrogen and oxygen atoms in total. The summed E-state index contributed by atoms with van der Waals surface area (Å²) in [5, 5.41) is 0. The molecule has 0 aromatic rings. The molecule has 114 valence electrons. The third-order valence-corrected chi connectivity index (χ3v) is 4.14. The molecule has 1 aliphatic heterocycles. The van der Waals surface area contributed by atoms with Gasteiger partial charge in [0.2, 0.25) is 0 Å². The highest BCUT2D eigenvalue weighted by atomic mass is 16.5. The molecule has 0 aromatic heterocycles. The fraction of sp³-hybridized carbons (Fsp3) is 1.00. The van der Waals surface area contributed by atoms with Crippen molar-refractivity contribution in [2.75, 3.05) is 33.4 Å². The second-order valence-corrected chi connectivity index (χ2v) is 6.27. The maximum absolute atomic E-state index is 5.84. The van der Waals surface area contributed by atoms with Crippen molar-refractivity contribution in [3.05, 3.63) is 0 Å². The zero-order valence-electron chi connectivity index (χ0n) is 13.2. The molecule has 0 bridgehead atoms. The van der Waals surface area contributed by atoms with Gasteiger partial charge in [0.1, 0.15) is 0 Å². The first kappa shape index (κ1) is 16.9. The summed E-state index contributed by atoms with van der Waals surface area (Å²) in [6.45, 7) is 10.4. The first-order valence-electron chi connectivity index (χ1n) is 7.59. The van der Waals surface area contributed by atoms with E-state index in [1.807, 2.05) is 0 Å². The summed E-state index contributed by atoms with van der Waals surface area (Å²) in [6, 6.07) is 0.569. The molecule has 2 N–H and O–H groups in total. The molecular formula is C15H32N2O2. The molecule has 0 spiro atoms. The SMILES string of the molecule is COC(C)(C)CC(C)N1CCC(OCCCN)CC1. The van der Waals surface area contributed by atoms with Crippen molar-refractivity contribution in [2.45, 2.75) is 64.2 Å². The Kier molecular flexibility index (Phi) is 7.29. The summed E-state index contributed by atoms with van der Waals surface area (Å²) in [5.41, 5.74) is 5.44. The van der Waals surface area contributed by atoms with E-state index < -0.39 is 0 Å². The Labute approximate surface area is 118 Å². The molecule has 1 heterocycles. The van der Waals surface area contributed by atoms with Gasteiger partial charge in [0.05, 0.1) is 11.7 Å². The summed E-state index contributed by atoms with van der Waals surface area (Å²) >= 11 is 0. The van der Waals surface area contributed by atoms with Gasteiger partial charge in [-0.1, -0.05) is 0 Å². The van der Waals surface area contributed by atoms with Crippen LogP contribution in [-0.2, 0) is 9.47 Å². The number of methoxy groups -OCH3 is 1. The van der Waals surface area contributed by atoms with Gasteiger partial charge in [-0.25, -0.2) is 0 Å². The summed E-state index contributed by atoms with van der Waals surface area (Å²) in [6.07, 6.45) is 4.76. The first-order chi connectivity index (χ1) is 8.98. The van der Waals surface area contributed by atoms with E-state index in [-0.39, 0.29) is 5.60 Å². The Hall–Kier alpha value is -0.160. The zero-order chi connectivity index (χ0) is 14.3. The highest BCUT2D eigenvalue weighted by molar-refractivity contribution is 4.81. The summed E-state index contributed by atoms with van der Waals surface area (Å²) in [5.74, 6) is 0. The molecule has 0 aromatic carbocycles. The van der Waals surface area contributed by atoms with Gasteiger partial charge in [-0.05, 0) is 53.0 Å². The lowest BCUT2D eigenvalue weighted by atomic mass is 9.96. The van der Waals surface area contributed by atoms with Crippen molar-refractivity contribution in [3.8, 4) is 0 Å². The van der Waals surface area contributed by atoms with E-state index in [0.29, 0.717) is 12.1 Å². The predicted molar refractivity (Wildman–Crippen MR) is 79.4 cm³/mol. The number of nitrogens with zero attached hydrogens (tertiary/aromatic N) is 1. The smallest absolute Gasteiger partial charge is 0.0637 e. The molecule has 0 saturated carbocycles.